The zero-order valence-corrected chi connectivity index (χ0v) is 11.5. The number of aliphatic carboxylic acids is 1. The molecule has 1 aliphatic carbocycles. The standard InChI is InChI=1S/C14H19N3O3/c1-17(10-11-4-2-7-15-9-11)13(20)16-14(5-3-6-14)8-12(18)19/h2,4,7,9H,3,5-6,8,10H2,1H3,(H,16,20)(H,18,19). The molecule has 2 N–H and O–H groups in total. The number of pyridine rings is 1. The van der Waals surface area contributed by atoms with Crippen molar-refractivity contribution >= 4 is 12.0 Å². The van der Waals surface area contributed by atoms with Crippen molar-refractivity contribution in [2.45, 2.75) is 37.8 Å². The van der Waals surface area contributed by atoms with E-state index < -0.39 is 11.5 Å². The first-order valence-corrected chi connectivity index (χ1v) is 6.65. The Kier molecular flexibility index (Phi) is 4.22. The average Bonchev–Trinajstić information content (AvgIpc) is 2.36. The molecule has 0 saturated heterocycles. The summed E-state index contributed by atoms with van der Waals surface area (Å²) in [5, 5.41) is 11.8. The van der Waals surface area contributed by atoms with Crippen LogP contribution < -0.4 is 5.32 Å². The minimum Gasteiger partial charge on any atom is -0.481 e. The molecular weight excluding hydrogens is 258 g/mol. The fourth-order valence-electron chi connectivity index (χ4n) is 2.40. The lowest BCUT2D eigenvalue weighted by Gasteiger charge is -2.42. The molecular formula is C14H19N3O3. The van der Waals surface area contributed by atoms with Crippen molar-refractivity contribution in [3.05, 3.63) is 30.1 Å². The molecule has 0 aliphatic heterocycles. The van der Waals surface area contributed by atoms with Crippen LogP contribution in [0.4, 0.5) is 4.79 Å². The number of carboxylic acids is 1. The lowest BCUT2D eigenvalue weighted by atomic mass is 9.74. The molecule has 0 radical (unpaired) electrons. The number of carboxylic acid groups (broad SMARTS) is 1. The van der Waals surface area contributed by atoms with Gasteiger partial charge in [0.05, 0.1) is 12.0 Å². The first-order valence-electron chi connectivity index (χ1n) is 6.65. The van der Waals surface area contributed by atoms with Crippen molar-refractivity contribution in [2.75, 3.05) is 7.05 Å². The van der Waals surface area contributed by atoms with E-state index in [1.165, 1.54) is 0 Å². The van der Waals surface area contributed by atoms with E-state index in [0.717, 1.165) is 24.8 Å². The van der Waals surface area contributed by atoms with Crippen molar-refractivity contribution in [2.24, 2.45) is 0 Å². The van der Waals surface area contributed by atoms with Gasteiger partial charge in [-0.05, 0) is 30.9 Å². The lowest BCUT2D eigenvalue weighted by Crippen LogP contribution is -2.57. The highest BCUT2D eigenvalue weighted by molar-refractivity contribution is 5.77. The first kappa shape index (κ1) is 14.3. The van der Waals surface area contributed by atoms with Crippen LogP contribution in [0.5, 0.6) is 0 Å². The fourth-order valence-corrected chi connectivity index (χ4v) is 2.40. The third-order valence-corrected chi connectivity index (χ3v) is 3.66. The van der Waals surface area contributed by atoms with Gasteiger partial charge in [-0.25, -0.2) is 4.79 Å². The Bertz CT molecular complexity index is 486. The maximum atomic E-state index is 12.1. The van der Waals surface area contributed by atoms with Crippen LogP contribution in [0.15, 0.2) is 24.5 Å². The molecule has 6 heteroatoms. The van der Waals surface area contributed by atoms with Gasteiger partial charge in [-0.15, -0.1) is 0 Å². The van der Waals surface area contributed by atoms with Crippen LogP contribution in [-0.2, 0) is 11.3 Å². The second-order valence-electron chi connectivity index (χ2n) is 5.35. The van der Waals surface area contributed by atoms with Crippen LogP contribution in [0.25, 0.3) is 0 Å². The van der Waals surface area contributed by atoms with Gasteiger partial charge in [0.15, 0.2) is 0 Å². The van der Waals surface area contributed by atoms with Gasteiger partial charge in [0.1, 0.15) is 0 Å². The van der Waals surface area contributed by atoms with E-state index in [9.17, 15) is 9.59 Å². The van der Waals surface area contributed by atoms with Crippen molar-refractivity contribution in [1.29, 1.82) is 0 Å². The van der Waals surface area contributed by atoms with Gasteiger partial charge in [-0.1, -0.05) is 6.07 Å². The third-order valence-electron chi connectivity index (χ3n) is 3.66. The molecule has 20 heavy (non-hydrogen) atoms. The molecule has 0 aromatic carbocycles. The van der Waals surface area contributed by atoms with E-state index in [-0.39, 0.29) is 12.5 Å². The summed E-state index contributed by atoms with van der Waals surface area (Å²) >= 11 is 0. The quantitative estimate of drug-likeness (QED) is 0.856. The smallest absolute Gasteiger partial charge is 0.317 e. The number of hydrogen-bond acceptors (Lipinski definition) is 3. The Morgan fingerprint density at radius 3 is 2.75 bits per heavy atom. The molecule has 0 spiro atoms. The number of urea groups is 1. The lowest BCUT2D eigenvalue weighted by molar-refractivity contribution is -0.139. The van der Waals surface area contributed by atoms with Crippen LogP contribution in [0.2, 0.25) is 0 Å². The van der Waals surface area contributed by atoms with Gasteiger partial charge in [0, 0.05) is 26.0 Å². The highest BCUT2D eigenvalue weighted by Gasteiger charge is 2.40. The Hall–Kier alpha value is -2.11. The van der Waals surface area contributed by atoms with E-state index in [4.69, 9.17) is 5.11 Å². The number of hydrogen-bond donors (Lipinski definition) is 2. The number of aromatic nitrogens is 1. The zero-order valence-electron chi connectivity index (χ0n) is 11.5. The number of carbonyl (C=O) groups excluding carboxylic acids is 1. The van der Waals surface area contributed by atoms with Gasteiger partial charge in [0.25, 0.3) is 0 Å². The van der Waals surface area contributed by atoms with E-state index in [1.807, 2.05) is 12.1 Å². The summed E-state index contributed by atoms with van der Waals surface area (Å²) in [6.45, 7) is 0.447. The molecule has 6 nitrogen and oxygen atoms in total. The number of nitrogens with one attached hydrogen (secondary N) is 1. The van der Waals surface area contributed by atoms with E-state index in [2.05, 4.69) is 10.3 Å². The number of amides is 2. The van der Waals surface area contributed by atoms with Crippen LogP contribution in [-0.4, -0.2) is 39.6 Å². The monoisotopic (exact) mass is 277 g/mol. The maximum absolute atomic E-state index is 12.1. The molecule has 1 heterocycles. The van der Waals surface area contributed by atoms with Gasteiger partial charge in [-0.3, -0.25) is 9.78 Å². The van der Waals surface area contributed by atoms with Crippen molar-refractivity contribution in [1.82, 2.24) is 15.2 Å². The largest absolute Gasteiger partial charge is 0.481 e. The van der Waals surface area contributed by atoms with Gasteiger partial charge in [0.2, 0.25) is 0 Å². The third kappa shape index (κ3) is 3.46. The topological polar surface area (TPSA) is 82.5 Å². The van der Waals surface area contributed by atoms with Crippen LogP contribution >= 0.6 is 0 Å². The molecule has 2 amide bonds. The van der Waals surface area contributed by atoms with Crippen LogP contribution in [0.3, 0.4) is 0 Å². The van der Waals surface area contributed by atoms with Crippen LogP contribution in [0, 0.1) is 0 Å². The van der Waals surface area contributed by atoms with Crippen molar-refractivity contribution in [3.63, 3.8) is 0 Å². The molecule has 1 aromatic rings. The summed E-state index contributed by atoms with van der Waals surface area (Å²) in [6, 6.07) is 3.47. The number of rotatable bonds is 5. The summed E-state index contributed by atoms with van der Waals surface area (Å²) < 4.78 is 0. The summed E-state index contributed by atoms with van der Waals surface area (Å²) in [5.74, 6) is -0.875. The Balaban J connectivity index is 1.92. The van der Waals surface area contributed by atoms with Crippen molar-refractivity contribution < 1.29 is 14.7 Å². The summed E-state index contributed by atoms with van der Waals surface area (Å²) in [4.78, 5) is 28.6. The maximum Gasteiger partial charge on any atom is 0.317 e. The highest BCUT2D eigenvalue weighted by atomic mass is 16.4. The second kappa shape index (κ2) is 5.90. The minimum absolute atomic E-state index is 0.0144. The van der Waals surface area contributed by atoms with E-state index in [1.54, 1.807) is 24.3 Å². The van der Waals surface area contributed by atoms with E-state index in [0.29, 0.717) is 6.54 Å². The molecule has 0 bridgehead atoms. The van der Waals surface area contributed by atoms with Gasteiger partial charge in [-0.2, -0.15) is 0 Å². The summed E-state index contributed by atoms with van der Waals surface area (Å²) in [7, 11) is 1.69. The fraction of sp³-hybridized carbons (Fsp3) is 0.500. The molecule has 1 fully saturated rings. The predicted octanol–water partition coefficient (Wildman–Crippen LogP) is 1.62. The predicted molar refractivity (Wildman–Crippen MR) is 73.1 cm³/mol. The average molecular weight is 277 g/mol. The highest BCUT2D eigenvalue weighted by Crippen LogP contribution is 2.35. The Morgan fingerprint density at radius 1 is 1.50 bits per heavy atom. The first-order chi connectivity index (χ1) is 9.51. The Labute approximate surface area is 117 Å². The molecule has 0 unspecified atom stereocenters. The zero-order chi connectivity index (χ0) is 14.6. The van der Waals surface area contributed by atoms with E-state index >= 15 is 0 Å². The van der Waals surface area contributed by atoms with Crippen LogP contribution in [0.1, 0.15) is 31.2 Å². The molecule has 0 atom stereocenters. The van der Waals surface area contributed by atoms with Gasteiger partial charge >= 0.3 is 12.0 Å². The van der Waals surface area contributed by atoms with Gasteiger partial charge < -0.3 is 15.3 Å². The molecule has 108 valence electrons. The molecule has 1 aliphatic rings. The number of carbonyl (C=O) groups is 2. The second-order valence-corrected chi connectivity index (χ2v) is 5.35. The molecule has 1 aromatic heterocycles. The minimum atomic E-state index is -0.875. The Morgan fingerprint density at radius 2 is 2.25 bits per heavy atom. The SMILES string of the molecule is CN(Cc1cccnc1)C(=O)NC1(CC(=O)O)CCC1. The number of nitrogens with zero attached hydrogens (tertiary/aromatic N) is 2. The summed E-state index contributed by atoms with van der Waals surface area (Å²) in [5.41, 5.74) is 0.373. The molecule has 1 saturated carbocycles. The molecule has 2 rings (SSSR count). The van der Waals surface area contributed by atoms with Crippen molar-refractivity contribution in [3.8, 4) is 0 Å². The summed E-state index contributed by atoms with van der Waals surface area (Å²) in [6.07, 6.45) is 5.79. The normalized spacial score (nSPS) is 16.1.